The molecule has 0 radical (unpaired) electrons. The maximum absolute atomic E-state index is 12.2. The van der Waals surface area contributed by atoms with Gasteiger partial charge in [0.25, 0.3) is 0 Å². The van der Waals surface area contributed by atoms with E-state index in [4.69, 9.17) is 28.9 Å². The number of amides is 2. The highest BCUT2D eigenvalue weighted by atomic mass is 35.5. The second-order valence-electron chi connectivity index (χ2n) is 6.74. The van der Waals surface area contributed by atoms with E-state index >= 15 is 0 Å². The number of hydrogen-bond donors (Lipinski definition) is 3. The van der Waals surface area contributed by atoms with E-state index in [0.717, 1.165) is 11.1 Å². The van der Waals surface area contributed by atoms with E-state index in [1.807, 2.05) is 24.3 Å². The van der Waals surface area contributed by atoms with Crippen molar-refractivity contribution in [2.75, 3.05) is 0 Å². The maximum Gasteiger partial charge on any atom is 0.332 e. The quantitative estimate of drug-likeness (QED) is 0.640. The molecule has 0 heterocycles. The molecule has 6 nitrogen and oxygen atoms in total. The van der Waals surface area contributed by atoms with Gasteiger partial charge in [0.05, 0.1) is 5.92 Å². The van der Waals surface area contributed by atoms with Crippen molar-refractivity contribution in [3.8, 4) is 0 Å². The number of carboxylic acids is 1. The summed E-state index contributed by atoms with van der Waals surface area (Å²) in [4.78, 5) is 23.3. The molecular formula is C20H19Cl2N3O3. The van der Waals surface area contributed by atoms with Gasteiger partial charge < -0.3 is 10.8 Å². The van der Waals surface area contributed by atoms with Crippen LogP contribution in [0.5, 0.6) is 0 Å². The van der Waals surface area contributed by atoms with E-state index in [1.165, 1.54) is 0 Å². The number of rotatable bonds is 4. The number of urea groups is 1. The first-order valence-electron chi connectivity index (χ1n) is 8.69. The molecule has 0 aliphatic heterocycles. The summed E-state index contributed by atoms with van der Waals surface area (Å²) in [6.07, 6.45) is 0.784. The Balaban J connectivity index is 2.05. The zero-order chi connectivity index (χ0) is 20.3. The van der Waals surface area contributed by atoms with Gasteiger partial charge in [0.2, 0.25) is 0 Å². The summed E-state index contributed by atoms with van der Waals surface area (Å²) in [5.41, 5.74) is 9.76. The number of hydrogen-bond acceptors (Lipinski definition) is 3. The van der Waals surface area contributed by atoms with Gasteiger partial charge in [-0.2, -0.15) is 5.10 Å². The summed E-state index contributed by atoms with van der Waals surface area (Å²) >= 11 is 12.0. The van der Waals surface area contributed by atoms with Crippen LogP contribution in [0.3, 0.4) is 0 Å². The summed E-state index contributed by atoms with van der Waals surface area (Å²) in [7, 11) is 0. The standard InChI is InChI=1S/C20H19Cl2N3O3/c21-13-5-1-11(2-6-13)16-9-15(24-25-20(23)28)10-17(18(16)19(26)27)12-3-7-14(22)8-4-12/h1-8,16-18H,9-10H2,(H,26,27)(H3,23,25,28). The minimum atomic E-state index is -0.887. The molecule has 2 aromatic carbocycles. The molecule has 0 aromatic heterocycles. The SMILES string of the molecule is NC(=O)NN=C1CC(c2ccc(Cl)cc2)C(C(=O)O)C(c2ccc(Cl)cc2)C1. The van der Waals surface area contributed by atoms with Crippen LogP contribution in [0.25, 0.3) is 0 Å². The third-order valence-corrected chi connectivity index (χ3v) is 5.49. The van der Waals surface area contributed by atoms with E-state index in [9.17, 15) is 14.7 Å². The lowest BCUT2D eigenvalue weighted by molar-refractivity contribution is -0.143. The van der Waals surface area contributed by atoms with Gasteiger partial charge >= 0.3 is 12.0 Å². The summed E-state index contributed by atoms with van der Waals surface area (Å²) in [5, 5.41) is 15.3. The largest absolute Gasteiger partial charge is 0.481 e. The van der Waals surface area contributed by atoms with Crippen LogP contribution >= 0.6 is 23.2 Å². The molecule has 8 heteroatoms. The summed E-state index contributed by atoms with van der Waals surface area (Å²) in [6.45, 7) is 0. The fraction of sp³-hybridized carbons (Fsp3) is 0.250. The lowest BCUT2D eigenvalue weighted by Gasteiger charge is -2.37. The molecular weight excluding hydrogens is 401 g/mol. The zero-order valence-corrected chi connectivity index (χ0v) is 16.3. The molecule has 0 bridgehead atoms. The molecule has 2 unspecified atom stereocenters. The Morgan fingerprint density at radius 1 is 0.929 bits per heavy atom. The van der Waals surface area contributed by atoms with Gasteiger partial charge in [-0.1, -0.05) is 47.5 Å². The molecule has 1 saturated carbocycles. The molecule has 28 heavy (non-hydrogen) atoms. The first kappa shape index (κ1) is 20.2. The molecule has 3 rings (SSSR count). The Hall–Kier alpha value is -2.57. The van der Waals surface area contributed by atoms with Crippen molar-refractivity contribution >= 4 is 40.9 Å². The number of nitrogens with zero attached hydrogens (tertiary/aromatic N) is 1. The number of aliphatic carboxylic acids is 1. The number of carbonyl (C=O) groups excluding carboxylic acids is 1. The molecule has 146 valence electrons. The highest BCUT2D eigenvalue weighted by molar-refractivity contribution is 6.30. The van der Waals surface area contributed by atoms with Gasteiger partial charge in [-0.3, -0.25) is 4.79 Å². The lowest BCUT2D eigenvalue weighted by Crippen LogP contribution is -2.37. The lowest BCUT2D eigenvalue weighted by atomic mass is 9.66. The van der Waals surface area contributed by atoms with Gasteiger partial charge in [0.15, 0.2) is 0 Å². The predicted octanol–water partition coefficient (Wildman–Crippen LogP) is 4.38. The van der Waals surface area contributed by atoms with E-state index in [2.05, 4.69) is 10.5 Å². The Morgan fingerprint density at radius 2 is 1.36 bits per heavy atom. The molecule has 1 aliphatic carbocycles. The van der Waals surface area contributed by atoms with Crippen LogP contribution in [0, 0.1) is 5.92 Å². The van der Waals surface area contributed by atoms with Crippen molar-refractivity contribution < 1.29 is 14.7 Å². The van der Waals surface area contributed by atoms with Crippen LogP contribution in [0.1, 0.15) is 35.8 Å². The Labute approximate surface area is 172 Å². The predicted molar refractivity (Wildman–Crippen MR) is 109 cm³/mol. The van der Waals surface area contributed by atoms with Gasteiger partial charge in [0.1, 0.15) is 0 Å². The molecule has 4 N–H and O–H groups in total. The van der Waals surface area contributed by atoms with Crippen molar-refractivity contribution in [1.29, 1.82) is 0 Å². The van der Waals surface area contributed by atoms with E-state index < -0.39 is 17.9 Å². The van der Waals surface area contributed by atoms with E-state index in [0.29, 0.717) is 28.6 Å². The van der Waals surface area contributed by atoms with Crippen LogP contribution in [0.4, 0.5) is 4.79 Å². The highest BCUT2D eigenvalue weighted by Gasteiger charge is 2.42. The summed E-state index contributed by atoms with van der Waals surface area (Å²) in [5.74, 6) is -2.23. The summed E-state index contributed by atoms with van der Waals surface area (Å²) < 4.78 is 0. The van der Waals surface area contributed by atoms with Crippen molar-refractivity contribution in [1.82, 2.24) is 5.43 Å². The van der Waals surface area contributed by atoms with Crippen LogP contribution in [-0.4, -0.2) is 22.8 Å². The molecule has 1 fully saturated rings. The molecule has 2 amide bonds. The number of nitrogens with one attached hydrogen (secondary N) is 1. The Morgan fingerprint density at radius 3 is 1.71 bits per heavy atom. The van der Waals surface area contributed by atoms with Crippen LogP contribution in [0.2, 0.25) is 10.0 Å². The minimum absolute atomic E-state index is 0.336. The van der Waals surface area contributed by atoms with Crippen molar-refractivity contribution in [3.63, 3.8) is 0 Å². The van der Waals surface area contributed by atoms with Gasteiger partial charge in [0, 0.05) is 27.6 Å². The fourth-order valence-electron chi connectivity index (χ4n) is 3.77. The smallest absolute Gasteiger partial charge is 0.332 e. The average molecular weight is 420 g/mol. The second kappa shape index (κ2) is 8.63. The number of carboxylic acid groups (broad SMARTS) is 1. The average Bonchev–Trinajstić information content (AvgIpc) is 2.66. The molecule has 2 aromatic rings. The van der Waals surface area contributed by atoms with E-state index in [1.54, 1.807) is 24.3 Å². The van der Waals surface area contributed by atoms with Crippen LogP contribution in [-0.2, 0) is 4.79 Å². The van der Waals surface area contributed by atoms with Crippen LogP contribution < -0.4 is 11.2 Å². The molecule has 0 saturated heterocycles. The normalized spacial score (nSPS) is 21.8. The maximum atomic E-state index is 12.2. The van der Waals surface area contributed by atoms with E-state index in [-0.39, 0.29) is 11.8 Å². The van der Waals surface area contributed by atoms with Gasteiger partial charge in [-0.05, 0) is 48.2 Å². The first-order chi connectivity index (χ1) is 13.3. The number of carbonyl (C=O) groups is 2. The molecule has 2 atom stereocenters. The number of primary amides is 1. The third kappa shape index (κ3) is 4.64. The number of benzene rings is 2. The number of nitrogens with two attached hydrogens (primary N) is 1. The van der Waals surface area contributed by atoms with Crippen molar-refractivity contribution in [2.24, 2.45) is 16.8 Å². The Kier molecular flexibility index (Phi) is 6.21. The van der Waals surface area contributed by atoms with Gasteiger partial charge in [-0.25, -0.2) is 10.2 Å². The fourth-order valence-corrected chi connectivity index (χ4v) is 4.02. The number of halogens is 2. The Bertz CT molecular complexity index is 840. The topological polar surface area (TPSA) is 105 Å². The summed E-state index contributed by atoms with van der Waals surface area (Å²) in [6, 6.07) is 13.5. The van der Waals surface area contributed by atoms with Crippen LogP contribution in [0.15, 0.2) is 53.6 Å². The first-order valence-corrected chi connectivity index (χ1v) is 9.45. The van der Waals surface area contributed by atoms with Gasteiger partial charge in [-0.15, -0.1) is 0 Å². The monoisotopic (exact) mass is 419 g/mol. The molecule has 1 aliphatic rings. The van der Waals surface area contributed by atoms with Crippen molar-refractivity contribution in [2.45, 2.75) is 24.7 Å². The third-order valence-electron chi connectivity index (χ3n) is 4.98. The van der Waals surface area contributed by atoms with Crippen molar-refractivity contribution in [3.05, 3.63) is 69.7 Å². The molecule has 0 spiro atoms. The zero-order valence-electron chi connectivity index (χ0n) is 14.8. The highest BCUT2D eigenvalue weighted by Crippen LogP contribution is 2.45. The second-order valence-corrected chi connectivity index (χ2v) is 7.62. The number of hydrazone groups is 1. The minimum Gasteiger partial charge on any atom is -0.481 e.